The number of nitro benzene ring substituents is 1. The van der Waals surface area contributed by atoms with Gasteiger partial charge in [0.1, 0.15) is 0 Å². The minimum absolute atomic E-state index is 0.137. The summed E-state index contributed by atoms with van der Waals surface area (Å²) in [6, 6.07) is 11.8. The van der Waals surface area contributed by atoms with Crippen molar-refractivity contribution in [2.45, 2.75) is 4.90 Å². The van der Waals surface area contributed by atoms with Crippen LogP contribution >= 0.6 is 11.8 Å². The van der Waals surface area contributed by atoms with Crippen molar-refractivity contribution < 1.29 is 14.5 Å². The molecule has 2 rings (SSSR count). The summed E-state index contributed by atoms with van der Waals surface area (Å²) in [6.07, 6.45) is 1.97. The number of hydrogen-bond acceptors (Lipinski definition) is 5. The molecule has 0 unspecified atom stereocenters. The van der Waals surface area contributed by atoms with Crippen LogP contribution in [-0.4, -0.2) is 24.3 Å². The summed E-state index contributed by atoms with van der Waals surface area (Å²) >= 11 is 1.61. The number of nitrogens with zero attached hydrogens (tertiary/aromatic N) is 1. The fraction of sp³-hybridized carbons (Fsp3) is 0.133. The van der Waals surface area contributed by atoms with Gasteiger partial charge in [0.15, 0.2) is 0 Å². The lowest BCUT2D eigenvalue weighted by Crippen LogP contribution is -2.02. The number of nitro groups is 1. The van der Waals surface area contributed by atoms with E-state index in [-0.39, 0.29) is 11.3 Å². The van der Waals surface area contributed by atoms with E-state index < -0.39 is 10.9 Å². The first-order valence-corrected chi connectivity index (χ1v) is 7.30. The summed E-state index contributed by atoms with van der Waals surface area (Å²) in [5.74, 6) is -0.597. The molecule has 0 aliphatic carbocycles. The summed E-state index contributed by atoms with van der Waals surface area (Å²) in [6.45, 7) is 0. The number of benzene rings is 2. The molecule has 108 valence electrons. The van der Waals surface area contributed by atoms with E-state index in [1.54, 1.807) is 17.8 Å². The number of carbonyl (C=O) groups excluding carboxylic acids is 1. The quantitative estimate of drug-likeness (QED) is 0.372. The fourth-order valence-electron chi connectivity index (χ4n) is 1.90. The number of thioether (sulfide) groups is 1. The van der Waals surface area contributed by atoms with Gasteiger partial charge in [-0.05, 0) is 35.6 Å². The zero-order chi connectivity index (χ0) is 15.4. The summed E-state index contributed by atoms with van der Waals surface area (Å²) in [5, 5.41) is 11.0. The van der Waals surface area contributed by atoms with Crippen molar-refractivity contribution in [2.24, 2.45) is 0 Å². The number of non-ortho nitro benzene ring substituents is 1. The molecule has 6 heteroatoms. The molecular formula is C15H13NO4S. The maximum absolute atomic E-state index is 11.6. The van der Waals surface area contributed by atoms with Crippen molar-refractivity contribution in [3.05, 3.63) is 58.1 Å². The van der Waals surface area contributed by atoms with E-state index in [0.29, 0.717) is 5.56 Å². The average molecular weight is 303 g/mol. The lowest BCUT2D eigenvalue weighted by atomic mass is 10.0. The Morgan fingerprint density at radius 3 is 2.33 bits per heavy atom. The van der Waals surface area contributed by atoms with Crippen molar-refractivity contribution in [2.75, 3.05) is 13.4 Å². The predicted molar refractivity (Wildman–Crippen MR) is 81.7 cm³/mol. The van der Waals surface area contributed by atoms with Crippen LogP contribution in [-0.2, 0) is 4.74 Å². The molecule has 2 aromatic rings. The zero-order valence-electron chi connectivity index (χ0n) is 11.5. The van der Waals surface area contributed by atoms with Gasteiger partial charge in [-0.15, -0.1) is 11.8 Å². The largest absolute Gasteiger partial charge is 0.465 e. The lowest BCUT2D eigenvalue weighted by molar-refractivity contribution is -0.384. The van der Waals surface area contributed by atoms with E-state index in [4.69, 9.17) is 0 Å². The maximum Gasteiger partial charge on any atom is 0.338 e. The fourth-order valence-corrected chi connectivity index (χ4v) is 2.31. The second-order valence-corrected chi connectivity index (χ2v) is 5.13. The van der Waals surface area contributed by atoms with Gasteiger partial charge in [-0.3, -0.25) is 10.1 Å². The van der Waals surface area contributed by atoms with Crippen molar-refractivity contribution >= 4 is 23.4 Å². The normalized spacial score (nSPS) is 10.2. The van der Waals surface area contributed by atoms with Crippen LogP contribution < -0.4 is 0 Å². The molecule has 0 aliphatic rings. The second-order valence-electron chi connectivity index (χ2n) is 4.25. The van der Waals surface area contributed by atoms with Gasteiger partial charge in [0.05, 0.1) is 17.6 Å². The molecule has 0 radical (unpaired) electrons. The standard InChI is InChI=1S/C15H13NO4S/c1-20-15(17)12-7-11(8-13(9-12)16(18)19)10-3-5-14(21-2)6-4-10/h3-9H,1-2H3. The molecule has 0 bridgehead atoms. The van der Waals surface area contributed by atoms with Crippen LogP contribution in [0.5, 0.6) is 0 Å². The van der Waals surface area contributed by atoms with Gasteiger partial charge < -0.3 is 4.74 Å². The topological polar surface area (TPSA) is 69.4 Å². The minimum atomic E-state index is -0.597. The summed E-state index contributed by atoms with van der Waals surface area (Å²) < 4.78 is 4.63. The Morgan fingerprint density at radius 2 is 1.81 bits per heavy atom. The highest BCUT2D eigenvalue weighted by molar-refractivity contribution is 7.98. The lowest BCUT2D eigenvalue weighted by Gasteiger charge is -2.06. The van der Waals surface area contributed by atoms with E-state index in [0.717, 1.165) is 10.5 Å². The molecule has 5 nitrogen and oxygen atoms in total. The van der Waals surface area contributed by atoms with Gasteiger partial charge >= 0.3 is 5.97 Å². The Bertz CT molecular complexity index is 683. The SMILES string of the molecule is COC(=O)c1cc(-c2ccc(SC)cc2)cc([N+](=O)[O-])c1. The number of rotatable bonds is 4. The highest BCUT2D eigenvalue weighted by Crippen LogP contribution is 2.28. The highest BCUT2D eigenvalue weighted by atomic mass is 32.2. The van der Waals surface area contributed by atoms with Gasteiger partial charge in [0, 0.05) is 17.0 Å². The number of hydrogen-bond donors (Lipinski definition) is 0. The molecule has 0 heterocycles. The monoisotopic (exact) mass is 303 g/mol. The maximum atomic E-state index is 11.6. The molecular weight excluding hydrogens is 290 g/mol. The molecule has 0 amide bonds. The Kier molecular flexibility index (Phi) is 4.59. The van der Waals surface area contributed by atoms with E-state index >= 15 is 0 Å². The molecule has 0 aromatic heterocycles. The Balaban J connectivity index is 2.53. The third-order valence-corrected chi connectivity index (χ3v) is 3.72. The highest BCUT2D eigenvalue weighted by Gasteiger charge is 2.15. The molecule has 0 saturated carbocycles. The smallest absolute Gasteiger partial charge is 0.338 e. The van der Waals surface area contributed by atoms with Crippen molar-refractivity contribution in [3.63, 3.8) is 0 Å². The number of methoxy groups -OCH3 is 1. The van der Waals surface area contributed by atoms with Crippen LogP contribution in [0.1, 0.15) is 10.4 Å². The molecule has 0 fully saturated rings. The zero-order valence-corrected chi connectivity index (χ0v) is 12.3. The summed E-state index contributed by atoms with van der Waals surface area (Å²) in [7, 11) is 1.24. The molecule has 0 N–H and O–H groups in total. The van der Waals surface area contributed by atoms with E-state index in [1.165, 1.54) is 19.2 Å². The number of ether oxygens (including phenoxy) is 1. The Hall–Kier alpha value is -2.34. The van der Waals surface area contributed by atoms with Crippen molar-refractivity contribution in [1.29, 1.82) is 0 Å². The third kappa shape index (κ3) is 3.41. The van der Waals surface area contributed by atoms with Crippen molar-refractivity contribution in [1.82, 2.24) is 0 Å². The number of esters is 1. The Labute approximate surface area is 126 Å². The van der Waals surface area contributed by atoms with Crippen molar-refractivity contribution in [3.8, 4) is 11.1 Å². The first kappa shape index (κ1) is 15.1. The number of carbonyl (C=O) groups is 1. The third-order valence-electron chi connectivity index (χ3n) is 2.97. The molecule has 0 aliphatic heterocycles. The second kappa shape index (κ2) is 6.41. The van der Waals surface area contributed by atoms with Gasteiger partial charge in [0.2, 0.25) is 0 Å². The molecule has 0 atom stereocenters. The molecule has 21 heavy (non-hydrogen) atoms. The Morgan fingerprint density at radius 1 is 1.14 bits per heavy atom. The minimum Gasteiger partial charge on any atom is -0.465 e. The first-order valence-electron chi connectivity index (χ1n) is 6.07. The molecule has 0 saturated heterocycles. The van der Waals surface area contributed by atoms with Crippen LogP contribution in [0, 0.1) is 10.1 Å². The van der Waals surface area contributed by atoms with Gasteiger partial charge in [0.25, 0.3) is 5.69 Å². The molecule has 2 aromatic carbocycles. The van der Waals surface area contributed by atoms with Gasteiger partial charge in [-0.1, -0.05) is 12.1 Å². The first-order chi connectivity index (χ1) is 10.0. The van der Waals surface area contributed by atoms with E-state index in [1.807, 2.05) is 30.5 Å². The van der Waals surface area contributed by atoms with Crippen LogP contribution in [0.4, 0.5) is 5.69 Å². The summed E-state index contributed by atoms with van der Waals surface area (Å²) in [4.78, 5) is 23.2. The van der Waals surface area contributed by atoms with Gasteiger partial charge in [-0.2, -0.15) is 0 Å². The average Bonchev–Trinajstić information content (AvgIpc) is 2.53. The predicted octanol–water partition coefficient (Wildman–Crippen LogP) is 3.77. The summed E-state index contributed by atoms with van der Waals surface area (Å²) in [5.41, 5.74) is 1.44. The van der Waals surface area contributed by atoms with E-state index in [2.05, 4.69) is 4.74 Å². The van der Waals surface area contributed by atoms with Gasteiger partial charge in [-0.25, -0.2) is 4.79 Å². The van der Waals surface area contributed by atoms with E-state index in [9.17, 15) is 14.9 Å². The molecule has 0 spiro atoms. The van der Waals surface area contributed by atoms with Crippen LogP contribution in [0.2, 0.25) is 0 Å². The van der Waals surface area contributed by atoms with Crippen LogP contribution in [0.15, 0.2) is 47.4 Å². The van der Waals surface area contributed by atoms with Crippen LogP contribution in [0.3, 0.4) is 0 Å². The van der Waals surface area contributed by atoms with Crippen LogP contribution in [0.25, 0.3) is 11.1 Å².